The molecule has 16 heavy (non-hydrogen) atoms. The third-order valence-electron chi connectivity index (χ3n) is 2.94. The molecule has 5 heteroatoms. The van der Waals surface area contributed by atoms with Crippen LogP contribution in [0.25, 0.3) is 0 Å². The molecule has 0 amide bonds. The molecule has 1 atom stereocenters. The van der Waals surface area contributed by atoms with Gasteiger partial charge in [-0.15, -0.1) is 0 Å². The van der Waals surface area contributed by atoms with Gasteiger partial charge < -0.3 is 15.6 Å². The van der Waals surface area contributed by atoms with Crippen molar-refractivity contribution in [3.8, 4) is 5.75 Å². The molecule has 1 aromatic rings. The van der Waals surface area contributed by atoms with Crippen molar-refractivity contribution in [2.24, 2.45) is 5.73 Å². The van der Waals surface area contributed by atoms with Crippen molar-refractivity contribution in [1.29, 1.82) is 0 Å². The first kappa shape index (κ1) is 11.3. The number of nitrogens with two attached hydrogens (primary N) is 1. The van der Waals surface area contributed by atoms with E-state index in [0.29, 0.717) is 12.8 Å². The van der Waals surface area contributed by atoms with Crippen LogP contribution in [-0.2, 0) is 0 Å². The van der Waals surface area contributed by atoms with Crippen LogP contribution in [0.5, 0.6) is 5.75 Å². The highest BCUT2D eigenvalue weighted by Crippen LogP contribution is 2.44. The SMILES string of the molecule is COc1cc(F)c(C(O)C2(N)CC2)cc1F. The second-order valence-electron chi connectivity index (χ2n) is 4.14. The summed E-state index contributed by atoms with van der Waals surface area (Å²) in [6.07, 6.45) is 0.0515. The third kappa shape index (κ3) is 1.76. The normalized spacial score (nSPS) is 19.3. The van der Waals surface area contributed by atoms with E-state index in [-0.39, 0.29) is 11.3 Å². The molecular formula is C11H13F2NO2. The van der Waals surface area contributed by atoms with Crippen LogP contribution in [-0.4, -0.2) is 17.8 Å². The monoisotopic (exact) mass is 229 g/mol. The van der Waals surface area contributed by atoms with E-state index in [2.05, 4.69) is 4.74 Å². The van der Waals surface area contributed by atoms with E-state index >= 15 is 0 Å². The van der Waals surface area contributed by atoms with Gasteiger partial charge in [0.15, 0.2) is 11.6 Å². The fraction of sp³-hybridized carbons (Fsp3) is 0.455. The van der Waals surface area contributed by atoms with Gasteiger partial charge in [-0.05, 0) is 18.9 Å². The summed E-state index contributed by atoms with van der Waals surface area (Å²) < 4.78 is 31.6. The second-order valence-corrected chi connectivity index (χ2v) is 4.14. The molecule has 0 saturated heterocycles. The Kier molecular flexibility index (Phi) is 2.59. The maximum atomic E-state index is 13.6. The van der Waals surface area contributed by atoms with E-state index in [1.165, 1.54) is 7.11 Å². The van der Waals surface area contributed by atoms with Crippen LogP contribution < -0.4 is 10.5 Å². The summed E-state index contributed by atoms with van der Waals surface area (Å²) in [7, 11) is 1.25. The lowest BCUT2D eigenvalue weighted by Gasteiger charge is -2.19. The third-order valence-corrected chi connectivity index (χ3v) is 2.94. The highest BCUT2D eigenvalue weighted by atomic mass is 19.1. The lowest BCUT2D eigenvalue weighted by atomic mass is 10.00. The van der Waals surface area contributed by atoms with Gasteiger partial charge in [0.2, 0.25) is 0 Å². The molecule has 0 radical (unpaired) electrons. The Balaban J connectivity index is 2.38. The van der Waals surface area contributed by atoms with Crippen LogP contribution in [0.2, 0.25) is 0 Å². The number of halogens is 2. The molecule has 0 spiro atoms. The standard InChI is InChI=1S/C11H13F2NO2/c1-16-9-5-7(12)6(4-8(9)13)10(15)11(14)2-3-11/h4-5,10,15H,2-3,14H2,1H3. The van der Waals surface area contributed by atoms with E-state index < -0.39 is 23.3 Å². The van der Waals surface area contributed by atoms with Crippen LogP contribution in [0.15, 0.2) is 12.1 Å². The zero-order chi connectivity index (χ0) is 11.9. The van der Waals surface area contributed by atoms with Gasteiger partial charge in [-0.25, -0.2) is 8.78 Å². The molecule has 1 fully saturated rings. The van der Waals surface area contributed by atoms with Crippen molar-refractivity contribution in [3.63, 3.8) is 0 Å². The molecule has 3 N–H and O–H groups in total. The summed E-state index contributed by atoms with van der Waals surface area (Å²) in [5, 5.41) is 9.82. The molecule has 1 aliphatic carbocycles. The minimum atomic E-state index is -1.17. The first-order valence-electron chi connectivity index (χ1n) is 4.98. The first-order chi connectivity index (χ1) is 7.48. The van der Waals surface area contributed by atoms with Crippen molar-refractivity contribution in [1.82, 2.24) is 0 Å². The number of hydrogen-bond acceptors (Lipinski definition) is 3. The van der Waals surface area contributed by atoms with E-state index in [1.807, 2.05) is 0 Å². The molecule has 0 bridgehead atoms. The van der Waals surface area contributed by atoms with E-state index in [9.17, 15) is 13.9 Å². The van der Waals surface area contributed by atoms with Crippen LogP contribution in [0.4, 0.5) is 8.78 Å². The van der Waals surface area contributed by atoms with Crippen LogP contribution >= 0.6 is 0 Å². The summed E-state index contributed by atoms with van der Waals surface area (Å²) in [6, 6.07) is 1.85. The summed E-state index contributed by atoms with van der Waals surface area (Å²) in [4.78, 5) is 0. The van der Waals surface area contributed by atoms with Gasteiger partial charge in [-0.3, -0.25) is 0 Å². The maximum absolute atomic E-state index is 13.6. The molecule has 88 valence electrons. The second kappa shape index (κ2) is 3.68. The molecule has 1 aliphatic rings. The van der Waals surface area contributed by atoms with Crippen molar-refractivity contribution in [2.45, 2.75) is 24.5 Å². The largest absolute Gasteiger partial charge is 0.494 e. The number of ether oxygens (including phenoxy) is 1. The van der Waals surface area contributed by atoms with Gasteiger partial charge >= 0.3 is 0 Å². The summed E-state index contributed by atoms with van der Waals surface area (Å²) >= 11 is 0. The Morgan fingerprint density at radius 1 is 1.38 bits per heavy atom. The quantitative estimate of drug-likeness (QED) is 0.825. The van der Waals surface area contributed by atoms with Gasteiger partial charge in [0, 0.05) is 17.2 Å². The molecule has 1 aromatic carbocycles. The number of aliphatic hydroxyl groups is 1. The highest BCUT2D eigenvalue weighted by Gasteiger charge is 2.46. The molecule has 2 rings (SSSR count). The van der Waals surface area contributed by atoms with Crippen molar-refractivity contribution < 1.29 is 18.6 Å². The average Bonchev–Trinajstić information content (AvgIpc) is 2.99. The minimum Gasteiger partial charge on any atom is -0.494 e. The van der Waals surface area contributed by atoms with Crippen LogP contribution in [0.3, 0.4) is 0 Å². The highest BCUT2D eigenvalue weighted by molar-refractivity contribution is 5.34. The van der Waals surface area contributed by atoms with Gasteiger partial charge in [0.25, 0.3) is 0 Å². The van der Waals surface area contributed by atoms with Gasteiger partial charge in [0.1, 0.15) is 5.82 Å². The minimum absolute atomic E-state index is 0.113. The average molecular weight is 229 g/mol. The molecule has 3 nitrogen and oxygen atoms in total. The van der Waals surface area contributed by atoms with Crippen molar-refractivity contribution in [2.75, 3.05) is 7.11 Å². The van der Waals surface area contributed by atoms with Crippen molar-refractivity contribution >= 4 is 0 Å². The first-order valence-corrected chi connectivity index (χ1v) is 4.98. The topological polar surface area (TPSA) is 55.5 Å². The fourth-order valence-corrected chi connectivity index (χ4v) is 1.64. The lowest BCUT2D eigenvalue weighted by Crippen LogP contribution is -2.31. The Labute approximate surface area is 91.8 Å². The van der Waals surface area contributed by atoms with E-state index in [0.717, 1.165) is 12.1 Å². The molecule has 0 heterocycles. The number of hydrogen-bond donors (Lipinski definition) is 2. The molecule has 0 aliphatic heterocycles. The fourth-order valence-electron chi connectivity index (χ4n) is 1.64. The molecule has 1 saturated carbocycles. The van der Waals surface area contributed by atoms with Crippen LogP contribution in [0, 0.1) is 11.6 Å². The lowest BCUT2D eigenvalue weighted by molar-refractivity contribution is 0.131. The Morgan fingerprint density at radius 2 is 2.00 bits per heavy atom. The zero-order valence-corrected chi connectivity index (χ0v) is 8.84. The van der Waals surface area contributed by atoms with E-state index in [4.69, 9.17) is 5.73 Å². The molecular weight excluding hydrogens is 216 g/mol. The Bertz CT molecular complexity index is 419. The predicted molar refractivity (Wildman–Crippen MR) is 54.0 cm³/mol. The maximum Gasteiger partial charge on any atom is 0.165 e. The van der Waals surface area contributed by atoms with Crippen molar-refractivity contribution in [3.05, 3.63) is 29.3 Å². The van der Waals surface area contributed by atoms with E-state index in [1.54, 1.807) is 0 Å². The molecule has 0 aromatic heterocycles. The van der Waals surface area contributed by atoms with Gasteiger partial charge in [-0.2, -0.15) is 0 Å². The zero-order valence-electron chi connectivity index (χ0n) is 8.84. The smallest absolute Gasteiger partial charge is 0.165 e. The summed E-state index contributed by atoms with van der Waals surface area (Å²) in [6.45, 7) is 0. The molecule has 1 unspecified atom stereocenters. The van der Waals surface area contributed by atoms with Gasteiger partial charge in [-0.1, -0.05) is 0 Å². The number of rotatable bonds is 3. The predicted octanol–water partition coefficient (Wildman–Crippen LogP) is 1.50. The number of aliphatic hydroxyl groups excluding tert-OH is 1. The number of benzene rings is 1. The van der Waals surface area contributed by atoms with Crippen LogP contribution in [0.1, 0.15) is 24.5 Å². The Hall–Kier alpha value is -1.20. The summed E-state index contributed by atoms with van der Waals surface area (Å²) in [5.74, 6) is -1.60. The Morgan fingerprint density at radius 3 is 2.50 bits per heavy atom. The summed E-state index contributed by atoms with van der Waals surface area (Å²) in [5.41, 5.74) is 4.82. The number of methoxy groups -OCH3 is 1. The van der Waals surface area contributed by atoms with Gasteiger partial charge in [0.05, 0.1) is 13.2 Å².